The van der Waals surface area contributed by atoms with Crippen LogP contribution in [-0.2, 0) is 0 Å². The van der Waals surface area contributed by atoms with E-state index in [0.29, 0.717) is 12.3 Å². The second kappa shape index (κ2) is 5.25. The summed E-state index contributed by atoms with van der Waals surface area (Å²) in [5.41, 5.74) is 0.243. The third-order valence-corrected chi connectivity index (χ3v) is 2.72. The average Bonchev–Trinajstić information content (AvgIpc) is 1.79. The molecule has 0 radical (unpaired) electrons. The van der Waals surface area contributed by atoms with E-state index in [0.717, 1.165) is 6.42 Å². The summed E-state index contributed by atoms with van der Waals surface area (Å²) in [5.74, 6) is 0.348. The molecule has 0 aromatic rings. The summed E-state index contributed by atoms with van der Waals surface area (Å²) < 4.78 is -1.56. The Bertz CT molecular complexity index is 169. The average molecular weight is 262 g/mol. The van der Waals surface area contributed by atoms with Crippen molar-refractivity contribution < 1.29 is 5.11 Å². The van der Waals surface area contributed by atoms with Crippen molar-refractivity contribution in [2.45, 2.75) is 50.4 Å². The van der Waals surface area contributed by atoms with E-state index in [1.807, 2.05) is 0 Å². The summed E-state index contributed by atoms with van der Waals surface area (Å²) in [6, 6.07) is 0. The molecule has 1 nitrogen and oxygen atoms in total. The molecule has 1 N–H and O–H groups in total. The summed E-state index contributed by atoms with van der Waals surface area (Å²) in [6.07, 6.45) is 0.642. The van der Waals surface area contributed by atoms with E-state index in [9.17, 15) is 5.11 Å². The first-order chi connectivity index (χ1) is 6.02. The molecule has 86 valence electrons. The molecular formula is C10H19Cl3O. The Morgan fingerprint density at radius 1 is 1.14 bits per heavy atom. The van der Waals surface area contributed by atoms with Gasteiger partial charge in [-0.1, -0.05) is 62.5 Å². The smallest absolute Gasteiger partial charge is 0.216 e. The quantitative estimate of drug-likeness (QED) is 0.756. The van der Waals surface area contributed by atoms with Gasteiger partial charge in [0.2, 0.25) is 3.79 Å². The lowest BCUT2D eigenvalue weighted by Gasteiger charge is -2.27. The minimum Gasteiger partial charge on any atom is -0.389 e. The molecule has 0 rings (SSSR count). The highest BCUT2D eigenvalue weighted by Crippen LogP contribution is 2.35. The van der Waals surface area contributed by atoms with Crippen molar-refractivity contribution in [3.8, 4) is 0 Å². The zero-order valence-corrected chi connectivity index (χ0v) is 11.4. The first kappa shape index (κ1) is 14.8. The van der Waals surface area contributed by atoms with Crippen molar-refractivity contribution in [1.29, 1.82) is 0 Å². The molecule has 0 aromatic carbocycles. The van der Waals surface area contributed by atoms with Crippen LogP contribution < -0.4 is 0 Å². The highest BCUT2D eigenvalue weighted by molar-refractivity contribution is 6.68. The van der Waals surface area contributed by atoms with Crippen LogP contribution in [0, 0.1) is 11.3 Å². The standard InChI is InChI=1S/C10H19Cl3O/c1-7(6-9(2,3)4)5-8(14)10(11,12)13/h7-8,14H,5-6H2,1-4H3. The van der Waals surface area contributed by atoms with Gasteiger partial charge in [-0.25, -0.2) is 0 Å². The van der Waals surface area contributed by atoms with Gasteiger partial charge in [-0.2, -0.15) is 0 Å². The third kappa shape index (κ3) is 7.17. The van der Waals surface area contributed by atoms with Crippen LogP contribution in [0.4, 0.5) is 0 Å². The van der Waals surface area contributed by atoms with Crippen LogP contribution >= 0.6 is 34.8 Å². The Kier molecular flexibility index (Phi) is 5.56. The SMILES string of the molecule is CC(CC(O)C(Cl)(Cl)Cl)CC(C)(C)C. The predicted molar refractivity (Wildman–Crippen MR) is 64.1 cm³/mol. The van der Waals surface area contributed by atoms with Crippen molar-refractivity contribution in [1.82, 2.24) is 0 Å². The predicted octanol–water partition coefficient (Wildman–Crippen LogP) is 4.18. The van der Waals surface area contributed by atoms with Crippen LogP contribution in [0.2, 0.25) is 0 Å². The van der Waals surface area contributed by atoms with Gasteiger partial charge >= 0.3 is 0 Å². The Morgan fingerprint density at radius 2 is 1.57 bits per heavy atom. The van der Waals surface area contributed by atoms with Gasteiger partial charge in [0.15, 0.2) is 0 Å². The Morgan fingerprint density at radius 3 is 1.86 bits per heavy atom. The first-order valence-electron chi connectivity index (χ1n) is 4.77. The molecule has 14 heavy (non-hydrogen) atoms. The molecule has 0 spiro atoms. The number of rotatable bonds is 3. The van der Waals surface area contributed by atoms with E-state index in [1.165, 1.54) is 0 Å². The largest absolute Gasteiger partial charge is 0.389 e. The van der Waals surface area contributed by atoms with E-state index in [4.69, 9.17) is 34.8 Å². The molecule has 0 aliphatic carbocycles. The number of aliphatic hydroxyl groups is 1. The van der Waals surface area contributed by atoms with Crippen LogP contribution in [0.15, 0.2) is 0 Å². The van der Waals surface area contributed by atoms with E-state index in [1.54, 1.807) is 0 Å². The minimum atomic E-state index is -1.56. The fourth-order valence-corrected chi connectivity index (χ4v) is 1.91. The molecule has 0 saturated heterocycles. The van der Waals surface area contributed by atoms with E-state index in [-0.39, 0.29) is 5.41 Å². The maximum atomic E-state index is 9.56. The summed E-state index contributed by atoms with van der Waals surface area (Å²) in [5, 5.41) is 9.56. The number of halogens is 3. The van der Waals surface area contributed by atoms with E-state index >= 15 is 0 Å². The zero-order valence-electron chi connectivity index (χ0n) is 9.15. The maximum Gasteiger partial charge on any atom is 0.216 e. The molecule has 4 heteroatoms. The molecule has 0 aromatic heterocycles. The van der Waals surface area contributed by atoms with Gasteiger partial charge in [-0.15, -0.1) is 0 Å². The molecule has 0 aliphatic heterocycles. The van der Waals surface area contributed by atoms with Gasteiger partial charge in [-0.05, 0) is 24.2 Å². The lowest BCUT2D eigenvalue weighted by molar-refractivity contribution is 0.136. The highest BCUT2D eigenvalue weighted by atomic mass is 35.6. The fourth-order valence-electron chi connectivity index (χ4n) is 1.64. The van der Waals surface area contributed by atoms with Gasteiger partial charge in [0.05, 0.1) is 0 Å². The normalized spacial score (nSPS) is 18.0. The second-order valence-electron chi connectivity index (χ2n) is 5.16. The first-order valence-corrected chi connectivity index (χ1v) is 5.90. The van der Waals surface area contributed by atoms with E-state index < -0.39 is 9.90 Å². The van der Waals surface area contributed by atoms with Crippen molar-refractivity contribution in [3.63, 3.8) is 0 Å². The van der Waals surface area contributed by atoms with E-state index in [2.05, 4.69) is 27.7 Å². The molecular weight excluding hydrogens is 242 g/mol. The molecule has 0 bridgehead atoms. The monoisotopic (exact) mass is 260 g/mol. The van der Waals surface area contributed by atoms with Gasteiger partial charge in [0.25, 0.3) is 0 Å². The van der Waals surface area contributed by atoms with Gasteiger partial charge in [0.1, 0.15) is 6.10 Å². The summed E-state index contributed by atoms with van der Waals surface area (Å²) >= 11 is 16.7. The molecule has 0 fully saturated rings. The number of hydrogen-bond donors (Lipinski definition) is 1. The van der Waals surface area contributed by atoms with Gasteiger partial charge in [-0.3, -0.25) is 0 Å². The number of alkyl halides is 3. The maximum absolute atomic E-state index is 9.56. The molecule has 2 atom stereocenters. The zero-order chi connectivity index (χ0) is 11.6. The van der Waals surface area contributed by atoms with Crippen LogP contribution in [0.3, 0.4) is 0 Å². The second-order valence-corrected chi connectivity index (χ2v) is 7.53. The van der Waals surface area contributed by atoms with Crippen LogP contribution in [-0.4, -0.2) is 15.0 Å². The van der Waals surface area contributed by atoms with Crippen LogP contribution in [0.25, 0.3) is 0 Å². The van der Waals surface area contributed by atoms with Crippen molar-refractivity contribution in [2.75, 3.05) is 0 Å². The fraction of sp³-hybridized carbons (Fsp3) is 1.00. The van der Waals surface area contributed by atoms with Crippen LogP contribution in [0.1, 0.15) is 40.5 Å². The number of aliphatic hydroxyl groups excluding tert-OH is 1. The Hall–Kier alpha value is 0.830. The Balaban J connectivity index is 4.01. The summed E-state index contributed by atoms with van der Waals surface area (Å²) in [7, 11) is 0. The third-order valence-electron chi connectivity index (χ3n) is 1.96. The molecule has 2 unspecified atom stereocenters. The molecule has 0 saturated carbocycles. The van der Waals surface area contributed by atoms with Gasteiger partial charge < -0.3 is 5.11 Å². The summed E-state index contributed by atoms with van der Waals surface area (Å²) in [4.78, 5) is 0. The Labute approximate surface area is 102 Å². The molecule has 0 heterocycles. The lowest BCUT2D eigenvalue weighted by Crippen LogP contribution is -2.28. The minimum absolute atomic E-state index is 0.243. The van der Waals surface area contributed by atoms with Crippen molar-refractivity contribution in [3.05, 3.63) is 0 Å². The van der Waals surface area contributed by atoms with Crippen LogP contribution in [0.5, 0.6) is 0 Å². The highest BCUT2D eigenvalue weighted by Gasteiger charge is 2.32. The van der Waals surface area contributed by atoms with Crippen molar-refractivity contribution in [2.24, 2.45) is 11.3 Å². The molecule has 0 amide bonds. The van der Waals surface area contributed by atoms with Crippen molar-refractivity contribution >= 4 is 34.8 Å². The lowest BCUT2D eigenvalue weighted by atomic mass is 9.83. The number of hydrogen-bond acceptors (Lipinski definition) is 1. The molecule has 0 aliphatic rings. The topological polar surface area (TPSA) is 20.2 Å². The summed E-state index contributed by atoms with van der Waals surface area (Å²) in [6.45, 7) is 8.53. The van der Waals surface area contributed by atoms with Gasteiger partial charge in [0, 0.05) is 0 Å².